The molecule has 0 aromatic carbocycles. The fourth-order valence-corrected chi connectivity index (χ4v) is 2.02. The minimum atomic E-state index is -0.307. The molecule has 0 radical (unpaired) electrons. The highest BCUT2D eigenvalue weighted by atomic mass is 16.6. The predicted molar refractivity (Wildman–Crippen MR) is 69.2 cm³/mol. The molecule has 1 unspecified atom stereocenters. The first-order valence-corrected chi connectivity index (χ1v) is 6.74. The summed E-state index contributed by atoms with van der Waals surface area (Å²) in [4.78, 5) is 25.2. The maximum atomic E-state index is 11.9. The summed E-state index contributed by atoms with van der Waals surface area (Å²) in [5, 5.41) is 2.93. The lowest BCUT2D eigenvalue weighted by Gasteiger charge is -2.31. The summed E-state index contributed by atoms with van der Waals surface area (Å²) in [5.74, 6) is 0.401. The van der Waals surface area contributed by atoms with E-state index in [-0.39, 0.29) is 17.9 Å². The minimum Gasteiger partial charge on any atom is -0.450 e. The van der Waals surface area contributed by atoms with Crippen LogP contribution in [0.2, 0.25) is 0 Å². The quantitative estimate of drug-likeness (QED) is 0.831. The van der Waals surface area contributed by atoms with Gasteiger partial charge in [-0.1, -0.05) is 13.8 Å². The first-order valence-electron chi connectivity index (χ1n) is 6.74. The van der Waals surface area contributed by atoms with Crippen molar-refractivity contribution in [1.82, 2.24) is 10.2 Å². The summed E-state index contributed by atoms with van der Waals surface area (Å²) in [5.41, 5.74) is 0. The summed E-state index contributed by atoms with van der Waals surface area (Å²) in [7, 11) is 0. The summed E-state index contributed by atoms with van der Waals surface area (Å²) < 4.78 is 4.96. The number of rotatable bonds is 4. The molecule has 5 heteroatoms. The van der Waals surface area contributed by atoms with Crippen LogP contribution in [0.5, 0.6) is 0 Å². The van der Waals surface area contributed by atoms with Crippen molar-refractivity contribution >= 4 is 12.0 Å². The molecule has 0 aromatic heterocycles. The highest BCUT2D eigenvalue weighted by Gasteiger charge is 2.28. The SMILES string of the molecule is CCOC(=O)N1CCCC(C(=O)NCC(C)C)C1. The summed E-state index contributed by atoms with van der Waals surface area (Å²) >= 11 is 0. The number of nitrogens with one attached hydrogen (secondary N) is 1. The monoisotopic (exact) mass is 256 g/mol. The zero-order chi connectivity index (χ0) is 13.5. The molecule has 0 spiro atoms. The third-order valence-corrected chi connectivity index (χ3v) is 3.00. The van der Waals surface area contributed by atoms with Gasteiger partial charge >= 0.3 is 6.09 Å². The second-order valence-corrected chi connectivity index (χ2v) is 5.12. The molecule has 0 aromatic rings. The number of ether oxygens (including phenoxy) is 1. The van der Waals surface area contributed by atoms with Crippen LogP contribution in [0.3, 0.4) is 0 Å². The highest BCUT2D eigenvalue weighted by molar-refractivity contribution is 5.80. The maximum absolute atomic E-state index is 11.9. The van der Waals surface area contributed by atoms with Gasteiger partial charge in [0.2, 0.25) is 5.91 Å². The average molecular weight is 256 g/mol. The number of hydrogen-bond acceptors (Lipinski definition) is 3. The second kappa shape index (κ2) is 7.24. The average Bonchev–Trinajstić information content (AvgIpc) is 2.36. The molecule has 1 heterocycles. The molecule has 1 atom stereocenters. The largest absolute Gasteiger partial charge is 0.450 e. The number of piperidine rings is 1. The zero-order valence-electron chi connectivity index (χ0n) is 11.6. The molecular formula is C13H24N2O3. The zero-order valence-corrected chi connectivity index (χ0v) is 11.6. The fourth-order valence-electron chi connectivity index (χ4n) is 2.02. The summed E-state index contributed by atoms with van der Waals surface area (Å²) in [6.07, 6.45) is 1.40. The molecule has 1 rings (SSSR count). The van der Waals surface area contributed by atoms with Crippen LogP contribution in [0, 0.1) is 11.8 Å². The maximum Gasteiger partial charge on any atom is 0.409 e. The molecule has 2 amide bonds. The molecule has 0 bridgehead atoms. The van der Waals surface area contributed by atoms with E-state index < -0.39 is 0 Å². The van der Waals surface area contributed by atoms with Gasteiger partial charge in [0.05, 0.1) is 12.5 Å². The Morgan fingerprint density at radius 2 is 2.17 bits per heavy atom. The van der Waals surface area contributed by atoms with E-state index in [4.69, 9.17) is 4.74 Å². The van der Waals surface area contributed by atoms with Gasteiger partial charge in [0.1, 0.15) is 0 Å². The summed E-state index contributed by atoms with van der Waals surface area (Å²) in [6.45, 7) is 8.14. The Labute approximate surface area is 109 Å². The Kier molecular flexibility index (Phi) is 5.95. The smallest absolute Gasteiger partial charge is 0.409 e. The number of likely N-dealkylation sites (tertiary alicyclic amines) is 1. The minimum absolute atomic E-state index is 0.0534. The Morgan fingerprint density at radius 3 is 2.78 bits per heavy atom. The molecule has 0 aliphatic carbocycles. The van der Waals surface area contributed by atoms with Crippen LogP contribution < -0.4 is 5.32 Å². The van der Waals surface area contributed by atoms with Crippen molar-refractivity contribution < 1.29 is 14.3 Å². The van der Waals surface area contributed by atoms with Gasteiger partial charge in [0, 0.05) is 19.6 Å². The van der Waals surface area contributed by atoms with Crippen molar-refractivity contribution in [3.63, 3.8) is 0 Å². The molecular weight excluding hydrogens is 232 g/mol. The molecule has 1 saturated heterocycles. The third kappa shape index (κ3) is 4.55. The van der Waals surface area contributed by atoms with E-state index in [1.807, 2.05) is 0 Å². The van der Waals surface area contributed by atoms with Gasteiger partial charge in [-0.05, 0) is 25.7 Å². The van der Waals surface area contributed by atoms with Crippen molar-refractivity contribution in [2.24, 2.45) is 11.8 Å². The van der Waals surface area contributed by atoms with Crippen LogP contribution >= 0.6 is 0 Å². The predicted octanol–water partition coefficient (Wildman–Crippen LogP) is 1.63. The molecule has 1 fully saturated rings. The number of hydrogen-bond donors (Lipinski definition) is 1. The lowest BCUT2D eigenvalue weighted by molar-refractivity contribution is -0.126. The van der Waals surface area contributed by atoms with Gasteiger partial charge in [-0.2, -0.15) is 0 Å². The highest BCUT2D eigenvalue weighted by Crippen LogP contribution is 2.17. The second-order valence-electron chi connectivity index (χ2n) is 5.12. The Hall–Kier alpha value is -1.26. The number of carbonyl (C=O) groups is 2. The standard InChI is InChI=1S/C13H24N2O3/c1-4-18-13(17)15-7-5-6-11(9-15)12(16)14-8-10(2)3/h10-11H,4-9H2,1-3H3,(H,14,16). The molecule has 5 nitrogen and oxygen atoms in total. The van der Waals surface area contributed by atoms with Crippen LogP contribution in [0.1, 0.15) is 33.6 Å². The normalized spacial score (nSPS) is 19.8. The molecule has 1 aliphatic heterocycles. The van der Waals surface area contributed by atoms with Gasteiger partial charge in [0.15, 0.2) is 0 Å². The van der Waals surface area contributed by atoms with Gasteiger partial charge in [0.25, 0.3) is 0 Å². The van der Waals surface area contributed by atoms with Crippen molar-refractivity contribution in [1.29, 1.82) is 0 Å². The van der Waals surface area contributed by atoms with Gasteiger partial charge < -0.3 is 15.0 Å². The number of amides is 2. The molecule has 104 valence electrons. The summed E-state index contributed by atoms with van der Waals surface area (Å²) in [6, 6.07) is 0. The van der Waals surface area contributed by atoms with Gasteiger partial charge in [-0.25, -0.2) is 4.79 Å². The first kappa shape index (κ1) is 14.8. The third-order valence-electron chi connectivity index (χ3n) is 3.00. The molecule has 1 aliphatic rings. The fraction of sp³-hybridized carbons (Fsp3) is 0.846. The number of carbonyl (C=O) groups excluding carboxylic acids is 2. The van der Waals surface area contributed by atoms with Crippen LogP contribution in [0.15, 0.2) is 0 Å². The Balaban J connectivity index is 2.42. The topological polar surface area (TPSA) is 58.6 Å². The van der Waals surface area contributed by atoms with E-state index in [9.17, 15) is 9.59 Å². The lowest BCUT2D eigenvalue weighted by Crippen LogP contribution is -2.46. The van der Waals surface area contributed by atoms with E-state index in [2.05, 4.69) is 19.2 Å². The van der Waals surface area contributed by atoms with E-state index in [1.165, 1.54) is 0 Å². The van der Waals surface area contributed by atoms with Gasteiger partial charge in [-0.3, -0.25) is 4.79 Å². The van der Waals surface area contributed by atoms with Crippen LogP contribution in [0.4, 0.5) is 4.79 Å². The van der Waals surface area contributed by atoms with E-state index in [0.29, 0.717) is 32.2 Å². The molecule has 0 saturated carbocycles. The van der Waals surface area contributed by atoms with Crippen molar-refractivity contribution in [3.8, 4) is 0 Å². The van der Waals surface area contributed by atoms with Gasteiger partial charge in [-0.15, -0.1) is 0 Å². The van der Waals surface area contributed by atoms with E-state index in [0.717, 1.165) is 12.8 Å². The van der Waals surface area contributed by atoms with E-state index in [1.54, 1.807) is 11.8 Å². The Bertz CT molecular complexity index is 292. The lowest BCUT2D eigenvalue weighted by atomic mass is 9.97. The molecule has 1 N–H and O–H groups in total. The molecule has 18 heavy (non-hydrogen) atoms. The number of nitrogens with zero attached hydrogens (tertiary/aromatic N) is 1. The van der Waals surface area contributed by atoms with Crippen LogP contribution in [-0.2, 0) is 9.53 Å². The first-order chi connectivity index (χ1) is 8.54. The van der Waals surface area contributed by atoms with Crippen LogP contribution in [0.25, 0.3) is 0 Å². The van der Waals surface area contributed by atoms with Crippen molar-refractivity contribution in [3.05, 3.63) is 0 Å². The van der Waals surface area contributed by atoms with Crippen molar-refractivity contribution in [2.75, 3.05) is 26.2 Å². The Morgan fingerprint density at radius 1 is 1.44 bits per heavy atom. The van der Waals surface area contributed by atoms with Crippen molar-refractivity contribution in [2.45, 2.75) is 33.6 Å². The van der Waals surface area contributed by atoms with Crippen LogP contribution in [-0.4, -0.2) is 43.1 Å². The van der Waals surface area contributed by atoms with E-state index >= 15 is 0 Å².